The third-order valence-electron chi connectivity index (χ3n) is 1.34. The minimum absolute atomic E-state index is 0.310. The Morgan fingerprint density at radius 1 is 1.42 bits per heavy atom. The quantitative estimate of drug-likeness (QED) is 0.528. The minimum Gasteiger partial charge on any atom is -0.757 e. The van der Waals surface area contributed by atoms with Crippen LogP contribution in [0, 0.1) is 4.91 Å². The first kappa shape index (κ1) is 8.17. The highest BCUT2D eigenvalue weighted by Crippen LogP contribution is 2.09. The van der Waals surface area contributed by atoms with E-state index in [1.54, 1.807) is 36.2 Å². The molecule has 1 N–H and O–H groups in total. The molecule has 4 heteroatoms. The Kier molecular flexibility index (Phi) is 2.35. The Balaban J connectivity index is 3.14. The van der Waals surface area contributed by atoms with Gasteiger partial charge in [0.05, 0.1) is 10.5 Å². The molecule has 0 radical (unpaired) electrons. The van der Waals surface area contributed by atoms with E-state index in [2.05, 4.69) is 0 Å². The lowest BCUT2D eigenvalue weighted by molar-refractivity contribution is -0.722. The van der Waals surface area contributed by atoms with Gasteiger partial charge in [0.1, 0.15) is 0 Å². The monoisotopic (exact) mass is 162 g/mol. The summed E-state index contributed by atoms with van der Waals surface area (Å²) in [4.78, 5) is 9.95. The Hall–Kier alpha value is -1.93. The van der Waals surface area contributed by atoms with Gasteiger partial charge in [0.15, 0.2) is 0 Å². The van der Waals surface area contributed by atoms with E-state index >= 15 is 0 Å². The van der Waals surface area contributed by atoms with Crippen LogP contribution in [-0.4, -0.2) is 16.0 Å². The van der Waals surface area contributed by atoms with E-state index in [4.69, 9.17) is 10.6 Å². The van der Waals surface area contributed by atoms with Crippen molar-refractivity contribution in [3.05, 3.63) is 46.2 Å². The van der Waals surface area contributed by atoms with Crippen LogP contribution in [0.4, 0.5) is 0 Å². The average Bonchev–Trinajstić information content (AvgIpc) is 2.07. The van der Waals surface area contributed by atoms with Gasteiger partial charge in [-0.05, 0) is 12.1 Å². The Morgan fingerprint density at radius 3 is 2.42 bits per heavy atom. The van der Waals surface area contributed by atoms with Crippen LogP contribution in [0.1, 0.15) is 5.56 Å². The van der Waals surface area contributed by atoms with Gasteiger partial charge in [0.2, 0.25) is 0 Å². The molecule has 0 amide bonds. The maximum absolute atomic E-state index is 10.4. The largest absolute Gasteiger partial charge is 0.757 e. The topological polar surface area (TPSA) is 62.6 Å². The number of benzene rings is 1. The summed E-state index contributed by atoms with van der Waals surface area (Å²) in [5.41, 5.74) is 0.0908. The van der Waals surface area contributed by atoms with Crippen molar-refractivity contribution in [2.24, 2.45) is 0 Å². The molecular formula is C8H6N2O2. The van der Waals surface area contributed by atoms with Gasteiger partial charge in [-0.3, -0.25) is 0 Å². The zero-order valence-corrected chi connectivity index (χ0v) is 6.14. The van der Waals surface area contributed by atoms with Crippen LogP contribution in [0.3, 0.4) is 0 Å². The zero-order chi connectivity index (χ0) is 8.97. The number of hydrogen-bond donors (Lipinski definition) is 1. The first-order valence-electron chi connectivity index (χ1n) is 3.24. The molecule has 0 spiro atoms. The molecule has 60 valence electrons. The molecule has 1 aromatic rings. The van der Waals surface area contributed by atoms with Crippen LogP contribution in [0.25, 0.3) is 11.1 Å². The van der Waals surface area contributed by atoms with Gasteiger partial charge in [-0.1, -0.05) is 18.2 Å². The molecule has 1 rings (SSSR count). The third-order valence-corrected chi connectivity index (χ3v) is 1.34. The van der Waals surface area contributed by atoms with Crippen LogP contribution < -0.4 is 0 Å². The van der Waals surface area contributed by atoms with Gasteiger partial charge in [0.25, 0.3) is 4.92 Å². The smallest absolute Gasteiger partial charge is 0.343 e. The van der Waals surface area contributed by atoms with Crippen LogP contribution in [0.2, 0.25) is 0 Å². The van der Waals surface area contributed by atoms with E-state index in [1.807, 2.05) is 0 Å². The highest BCUT2D eigenvalue weighted by Gasteiger charge is 2.15. The van der Waals surface area contributed by atoms with E-state index in [-0.39, 0.29) is 5.70 Å². The first-order valence-corrected chi connectivity index (χ1v) is 3.24. The molecule has 0 aliphatic rings. The highest BCUT2D eigenvalue weighted by molar-refractivity contribution is 5.86. The molecular weight excluding hydrogens is 156 g/mol. The fraction of sp³-hybridized carbons (Fsp3) is 0. The first-order chi connectivity index (χ1) is 5.75. The van der Waals surface area contributed by atoms with Gasteiger partial charge < -0.3 is 5.41 Å². The van der Waals surface area contributed by atoms with E-state index in [0.29, 0.717) is 5.56 Å². The Labute approximate surface area is 68.8 Å². The lowest BCUT2D eigenvalue weighted by atomic mass is 10.2. The summed E-state index contributed by atoms with van der Waals surface area (Å²) >= 11 is 0. The van der Waals surface area contributed by atoms with Crippen molar-refractivity contribution in [2.45, 2.75) is 0 Å². The molecule has 0 fully saturated rings. The minimum atomic E-state index is -0.435. The molecule has 4 nitrogen and oxygen atoms in total. The van der Waals surface area contributed by atoms with E-state index < -0.39 is 4.92 Å². The average molecular weight is 162 g/mol. The molecule has 1 aromatic carbocycles. The van der Waals surface area contributed by atoms with Crippen LogP contribution in [-0.2, 0) is 0 Å². The van der Waals surface area contributed by atoms with Crippen molar-refractivity contribution >= 4 is 11.6 Å². The fourth-order valence-corrected chi connectivity index (χ4v) is 0.814. The molecule has 0 heterocycles. The van der Waals surface area contributed by atoms with Crippen molar-refractivity contribution in [3.8, 4) is 0 Å². The summed E-state index contributed by atoms with van der Waals surface area (Å²) < 4.78 is 0. The predicted molar refractivity (Wildman–Crippen MR) is 43.6 cm³/mol. The number of hydrogen-bond acceptors (Lipinski definition) is 1. The maximum atomic E-state index is 10.4. The zero-order valence-electron chi connectivity index (χ0n) is 6.14. The standard InChI is InChI=1S/C8H6N2O2/c9-6-8(10(11)12)7-4-2-1-3-5-7/h1-5H,(H,11,12). The van der Waals surface area contributed by atoms with Gasteiger partial charge in [0, 0.05) is 0 Å². The summed E-state index contributed by atoms with van der Waals surface area (Å²) in [5, 5.41) is 16.9. The lowest BCUT2D eigenvalue weighted by Crippen LogP contribution is -2.00. The fourth-order valence-electron chi connectivity index (χ4n) is 0.814. The van der Waals surface area contributed by atoms with Crippen LogP contribution in [0.5, 0.6) is 0 Å². The molecule has 0 saturated heterocycles. The van der Waals surface area contributed by atoms with Crippen LogP contribution in [0.15, 0.2) is 30.3 Å². The molecule has 0 aliphatic heterocycles. The predicted octanol–water partition coefficient (Wildman–Crippen LogP) is 1.43. The molecule has 0 aliphatic carbocycles. The van der Waals surface area contributed by atoms with Gasteiger partial charge >= 0.3 is 5.70 Å². The second-order valence-electron chi connectivity index (χ2n) is 2.10. The molecule has 12 heavy (non-hydrogen) atoms. The summed E-state index contributed by atoms with van der Waals surface area (Å²) in [5.74, 6) is 1.60. The van der Waals surface area contributed by atoms with Crippen molar-refractivity contribution in [1.29, 1.82) is 0 Å². The normalized spacial score (nSPS) is 8.67. The van der Waals surface area contributed by atoms with E-state index in [9.17, 15) is 4.91 Å². The summed E-state index contributed by atoms with van der Waals surface area (Å²) in [6, 6.07) is 8.25. The van der Waals surface area contributed by atoms with E-state index in [1.165, 1.54) is 0 Å². The van der Waals surface area contributed by atoms with E-state index in [0.717, 1.165) is 0 Å². The number of nitrogens with zero attached hydrogens (tertiary/aromatic N) is 2. The summed E-state index contributed by atoms with van der Waals surface area (Å²) in [7, 11) is 0. The molecule has 0 atom stereocenters. The Morgan fingerprint density at radius 2 is 2.00 bits per heavy atom. The molecule has 0 unspecified atom stereocenters. The summed E-state index contributed by atoms with van der Waals surface area (Å²) in [6.07, 6.45) is 0. The van der Waals surface area contributed by atoms with Gasteiger partial charge in [-0.25, -0.2) is 5.21 Å². The lowest BCUT2D eigenvalue weighted by Gasteiger charge is -1.90. The van der Waals surface area contributed by atoms with Crippen LogP contribution >= 0.6 is 0 Å². The highest BCUT2D eigenvalue weighted by atomic mass is 16.6. The van der Waals surface area contributed by atoms with Crippen molar-refractivity contribution in [1.82, 2.24) is 0 Å². The Bertz CT molecular complexity index is 339. The summed E-state index contributed by atoms with van der Waals surface area (Å²) in [6.45, 7) is 0. The second-order valence-corrected chi connectivity index (χ2v) is 2.10. The number of rotatable bonds is 2. The maximum Gasteiger partial charge on any atom is 0.343 e. The third kappa shape index (κ3) is 1.56. The van der Waals surface area contributed by atoms with Crippen molar-refractivity contribution in [2.75, 3.05) is 0 Å². The van der Waals surface area contributed by atoms with Crippen molar-refractivity contribution in [3.63, 3.8) is 0 Å². The van der Waals surface area contributed by atoms with Gasteiger partial charge in [-0.2, -0.15) is 5.87 Å². The second kappa shape index (κ2) is 3.46. The molecule has 0 bridgehead atoms. The molecule has 0 saturated carbocycles. The molecule has 0 aromatic heterocycles. The van der Waals surface area contributed by atoms with Gasteiger partial charge in [-0.15, -0.1) is 0 Å². The SMILES string of the molecule is [N-]=C=C(c1ccccc1)[N+](=O)O. The van der Waals surface area contributed by atoms with Crippen molar-refractivity contribution < 1.29 is 10.1 Å².